The van der Waals surface area contributed by atoms with Crippen molar-refractivity contribution in [2.45, 2.75) is 26.1 Å². The van der Waals surface area contributed by atoms with E-state index in [1.54, 1.807) is 0 Å². The highest BCUT2D eigenvalue weighted by atomic mass is 19.1. The Kier molecular flexibility index (Phi) is 20.6. The Morgan fingerprint density at radius 3 is 1.74 bits per heavy atom. The molecular formula is C23H47FN4O6. The van der Waals surface area contributed by atoms with E-state index >= 15 is 0 Å². The summed E-state index contributed by atoms with van der Waals surface area (Å²) in [5.74, 6) is 0. The van der Waals surface area contributed by atoms with Gasteiger partial charge in [0.25, 0.3) is 0 Å². The van der Waals surface area contributed by atoms with Gasteiger partial charge in [0.1, 0.15) is 6.17 Å². The van der Waals surface area contributed by atoms with E-state index in [1.165, 1.54) is 0 Å². The minimum atomic E-state index is -1.16. The summed E-state index contributed by atoms with van der Waals surface area (Å²) in [5.41, 5.74) is 0. The quantitative estimate of drug-likeness (QED) is 0.139. The topological polar surface area (TPSA) is 93.8 Å². The number of halogens is 1. The van der Waals surface area contributed by atoms with E-state index in [9.17, 15) is 9.18 Å². The Balaban J connectivity index is 1.79. The van der Waals surface area contributed by atoms with Crippen LogP contribution in [-0.2, 0) is 28.5 Å². The molecule has 0 spiro atoms. The highest BCUT2D eigenvalue weighted by molar-refractivity contribution is 5.45. The fourth-order valence-electron chi connectivity index (χ4n) is 3.25. The first kappa shape index (κ1) is 31.1. The van der Waals surface area contributed by atoms with E-state index < -0.39 is 6.17 Å². The normalized spacial score (nSPS) is 16.2. The molecule has 1 rings (SSSR count). The maximum absolute atomic E-state index is 13.3. The predicted molar refractivity (Wildman–Crippen MR) is 129 cm³/mol. The molecule has 1 fully saturated rings. The summed E-state index contributed by atoms with van der Waals surface area (Å²) in [7, 11) is 0. The fourth-order valence-corrected chi connectivity index (χ4v) is 3.25. The Morgan fingerprint density at radius 2 is 1.24 bits per heavy atom. The van der Waals surface area contributed by atoms with Gasteiger partial charge in [0.15, 0.2) is 0 Å². The summed E-state index contributed by atoms with van der Waals surface area (Å²) in [6, 6.07) is 0.484. The van der Waals surface area contributed by atoms with E-state index in [0.29, 0.717) is 71.9 Å². The van der Waals surface area contributed by atoms with E-state index in [4.69, 9.17) is 23.7 Å². The Bertz CT molecular complexity index is 459. The number of amides is 1. The zero-order chi connectivity index (χ0) is 24.7. The second-order valence-corrected chi connectivity index (χ2v) is 8.44. The molecule has 0 aliphatic carbocycles. The maximum Gasteiger partial charge on any atom is 0.207 e. The second kappa shape index (κ2) is 22.5. The molecule has 0 aromatic rings. The third kappa shape index (κ3) is 19.4. The standard InChI is InChI=1S/C23H47FN4O6/c1-22(2)26-3-10-30-13-15-32-17-18-33-16-14-31-11-8-27-4-6-28(7-5-27)9-12-34-20-23(24)19-25-21-29/h21-23,26H,3-20H2,1-2H3,(H,25,29). The molecule has 0 saturated carbocycles. The van der Waals surface area contributed by atoms with Crippen LogP contribution in [0.1, 0.15) is 13.8 Å². The lowest BCUT2D eigenvalue weighted by Gasteiger charge is -2.34. The Labute approximate surface area is 204 Å². The third-order valence-electron chi connectivity index (χ3n) is 5.20. The molecule has 0 aromatic heterocycles. The van der Waals surface area contributed by atoms with Crippen LogP contribution in [0.2, 0.25) is 0 Å². The van der Waals surface area contributed by atoms with Gasteiger partial charge in [-0.1, -0.05) is 13.8 Å². The lowest BCUT2D eigenvalue weighted by molar-refractivity contribution is -0.109. The van der Waals surface area contributed by atoms with Crippen LogP contribution in [0, 0.1) is 0 Å². The lowest BCUT2D eigenvalue weighted by atomic mass is 10.3. The molecule has 1 unspecified atom stereocenters. The van der Waals surface area contributed by atoms with Crippen molar-refractivity contribution in [3.8, 4) is 0 Å². The SMILES string of the molecule is CC(C)NCCOCCOCCOCCOCCN1CCN(CCOCC(F)CNC=O)CC1. The smallest absolute Gasteiger partial charge is 0.207 e. The Hall–Kier alpha value is -0.920. The van der Waals surface area contributed by atoms with Gasteiger partial charge >= 0.3 is 0 Å². The lowest BCUT2D eigenvalue weighted by Crippen LogP contribution is -2.48. The van der Waals surface area contributed by atoms with Crippen LogP contribution in [0.3, 0.4) is 0 Å². The minimum absolute atomic E-state index is 0.00211. The van der Waals surface area contributed by atoms with Crippen molar-refractivity contribution in [1.29, 1.82) is 0 Å². The van der Waals surface area contributed by atoms with Gasteiger partial charge in [-0.2, -0.15) is 0 Å². The van der Waals surface area contributed by atoms with Crippen molar-refractivity contribution in [2.75, 3.05) is 118 Å². The van der Waals surface area contributed by atoms with Crippen LogP contribution in [0.25, 0.3) is 0 Å². The van der Waals surface area contributed by atoms with Gasteiger partial charge < -0.3 is 34.3 Å². The van der Waals surface area contributed by atoms with Crippen LogP contribution < -0.4 is 10.6 Å². The fraction of sp³-hybridized carbons (Fsp3) is 0.957. The van der Waals surface area contributed by atoms with Gasteiger partial charge in [-0.3, -0.25) is 14.6 Å². The van der Waals surface area contributed by atoms with E-state index in [1.807, 2.05) is 0 Å². The molecule has 1 aliphatic heterocycles. The highest BCUT2D eigenvalue weighted by Crippen LogP contribution is 2.01. The van der Waals surface area contributed by atoms with Crippen molar-refractivity contribution in [1.82, 2.24) is 20.4 Å². The van der Waals surface area contributed by atoms with Crippen LogP contribution in [0.5, 0.6) is 0 Å². The second-order valence-electron chi connectivity index (χ2n) is 8.44. The number of carbonyl (C=O) groups is 1. The molecule has 0 bridgehead atoms. The van der Waals surface area contributed by atoms with Crippen LogP contribution in [0.15, 0.2) is 0 Å². The predicted octanol–water partition coefficient (Wildman–Crippen LogP) is -0.231. The monoisotopic (exact) mass is 494 g/mol. The van der Waals surface area contributed by atoms with Crippen molar-refractivity contribution in [2.24, 2.45) is 0 Å². The largest absolute Gasteiger partial charge is 0.378 e. The molecule has 1 heterocycles. The number of rotatable bonds is 24. The summed E-state index contributed by atoms with van der Waals surface area (Å²) >= 11 is 0. The van der Waals surface area contributed by atoms with Crippen LogP contribution in [-0.4, -0.2) is 147 Å². The first-order chi connectivity index (χ1) is 16.6. The van der Waals surface area contributed by atoms with Crippen molar-refractivity contribution < 1.29 is 32.9 Å². The minimum Gasteiger partial charge on any atom is -0.378 e. The molecule has 1 amide bonds. The number of ether oxygens (including phenoxy) is 5. The van der Waals surface area contributed by atoms with Crippen molar-refractivity contribution in [3.63, 3.8) is 0 Å². The first-order valence-corrected chi connectivity index (χ1v) is 12.5. The third-order valence-corrected chi connectivity index (χ3v) is 5.20. The Morgan fingerprint density at radius 1 is 0.765 bits per heavy atom. The number of hydrogen-bond acceptors (Lipinski definition) is 9. The molecular weight excluding hydrogens is 447 g/mol. The molecule has 0 aromatic carbocycles. The molecule has 34 heavy (non-hydrogen) atoms. The number of piperazine rings is 1. The summed E-state index contributed by atoms with van der Waals surface area (Å²) in [4.78, 5) is 14.8. The van der Waals surface area contributed by atoms with Gasteiger partial charge in [0.05, 0.1) is 72.6 Å². The summed E-state index contributed by atoms with van der Waals surface area (Å²) in [6.07, 6.45) is -0.664. The molecule has 11 heteroatoms. The van der Waals surface area contributed by atoms with Gasteiger partial charge in [-0.05, 0) is 0 Å². The van der Waals surface area contributed by atoms with Gasteiger partial charge in [-0.15, -0.1) is 0 Å². The number of alkyl halides is 1. The number of nitrogens with zero attached hydrogens (tertiary/aromatic N) is 2. The molecule has 0 radical (unpaired) electrons. The summed E-state index contributed by atoms with van der Waals surface area (Å²) in [5, 5.41) is 5.61. The average Bonchev–Trinajstić information content (AvgIpc) is 2.83. The summed E-state index contributed by atoms with van der Waals surface area (Å²) < 4.78 is 40.8. The average molecular weight is 495 g/mol. The van der Waals surface area contributed by atoms with Gasteiger partial charge in [-0.25, -0.2) is 4.39 Å². The molecule has 1 atom stereocenters. The molecule has 1 aliphatic rings. The highest BCUT2D eigenvalue weighted by Gasteiger charge is 2.16. The van der Waals surface area contributed by atoms with Gasteiger partial charge in [0.2, 0.25) is 6.41 Å². The van der Waals surface area contributed by atoms with E-state index in [2.05, 4.69) is 34.3 Å². The van der Waals surface area contributed by atoms with Crippen LogP contribution >= 0.6 is 0 Å². The first-order valence-electron chi connectivity index (χ1n) is 12.5. The van der Waals surface area contributed by atoms with Crippen molar-refractivity contribution >= 4 is 6.41 Å². The molecule has 10 nitrogen and oxygen atoms in total. The zero-order valence-corrected chi connectivity index (χ0v) is 21.2. The zero-order valence-electron chi connectivity index (χ0n) is 21.2. The number of hydrogen-bond donors (Lipinski definition) is 2. The van der Waals surface area contributed by atoms with Crippen molar-refractivity contribution in [3.05, 3.63) is 0 Å². The van der Waals surface area contributed by atoms with E-state index in [-0.39, 0.29) is 13.2 Å². The number of carbonyl (C=O) groups excluding carboxylic acids is 1. The number of nitrogens with one attached hydrogen (secondary N) is 2. The van der Waals surface area contributed by atoms with Gasteiger partial charge in [0, 0.05) is 51.9 Å². The summed E-state index contributed by atoms with van der Waals surface area (Å²) in [6.45, 7) is 16.1. The van der Waals surface area contributed by atoms with Crippen LogP contribution in [0.4, 0.5) is 4.39 Å². The van der Waals surface area contributed by atoms with E-state index in [0.717, 1.165) is 45.8 Å². The molecule has 2 N–H and O–H groups in total. The molecule has 202 valence electrons. The molecule has 1 saturated heterocycles. The maximum atomic E-state index is 13.3.